The van der Waals surface area contributed by atoms with Gasteiger partial charge in [0.1, 0.15) is 6.04 Å². The maximum atomic E-state index is 13.2. The van der Waals surface area contributed by atoms with Crippen molar-refractivity contribution in [1.82, 2.24) is 4.90 Å². The summed E-state index contributed by atoms with van der Waals surface area (Å²) >= 11 is 13.6. The molecule has 0 radical (unpaired) electrons. The number of hydrogen-bond acceptors (Lipinski definition) is 4. The van der Waals surface area contributed by atoms with Gasteiger partial charge in [-0.15, -0.1) is 11.8 Å². The molecular formula is C20H19Cl2NO3S. The van der Waals surface area contributed by atoms with Crippen LogP contribution in [0.5, 0.6) is 0 Å². The number of nitrogens with zero attached hydrogens (tertiary/aromatic N) is 1. The zero-order valence-electron chi connectivity index (χ0n) is 14.7. The lowest BCUT2D eigenvalue weighted by molar-refractivity contribution is -0.145. The fourth-order valence-corrected chi connectivity index (χ4v) is 4.78. The number of halogens is 2. The van der Waals surface area contributed by atoms with E-state index in [0.717, 1.165) is 12.8 Å². The molecule has 0 aromatic heterocycles. The van der Waals surface area contributed by atoms with Crippen molar-refractivity contribution < 1.29 is 14.3 Å². The number of benzene rings is 2. The number of rotatable bonds is 5. The molecule has 2 aromatic rings. The zero-order valence-corrected chi connectivity index (χ0v) is 17.1. The van der Waals surface area contributed by atoms with Gasteiger partial charge in [0.15, 0.2) is 0 Å². The van der Waals surface area contributed by atoms with Crippen LogP contribution in [0.15, 0.2) is 48.5 Å². The van der Waals surface area contributed by atoms with E-state index in [1.54, 1.807) is 28.8 Å². The Kier molecular flexibility index (Phi) is 6.68. The lowest BCUT2D eigenvalue weighted by Gasteiger charge is -2.28. The first-order valence-corrected chi connectivity index (χ1v) is 10.3. The minimum absolute atomic E-state index is 0.115. The van der Waals surface area contributed by atoms with E-state index in [-0.39, 0.29) is 11.3 Å². The van der Waals surface area contributed by atoms with Gasteiger partial charge >= 0.3 is 5.97 Å². The molecule has 1 heterocycles. The number of carbonyl (C=O) groups is 2. The lowest BCUT2D eigenvalue weighted by atomic mass is 10.1. The van der Waals surface area contributed by atoms with Crippen molar-refractivity contribution in [1.29, 1.82) is 0 Å². The van der Waals surface area contributed by atoms with Crippen LogP contribution < -0.4 is 0 Å². The maximum absolute atomic E-state index is 13.2. The summed E-state index contributed by atoms with van der Waals surface area (Å²) in [4.78, 5) is 27.0. The Hall–Kier alpha value is -1.69. The summed E-state index contributed by atoms with van der Waals surface area (Å²) in [6.07, 6.45) is 1.56. The van der Waals surface area contributed by atoms with Crippen LogP contribution in [0.1, 0.15) is 22.3 Å². The molecule has 142 valence electrons. The molecule has 0 spiro atoms. The number of aryl methyl sites for hydroxylation is 1. The van der Waals surface area contributed by atoms with E-state index in [1.807, 2.05) is 18.2 Å². The second kappa shape index (κ2) is 9.00. The normalized spacial score (nSPS) is 19.1. The predicted octanol–water partition coefficient (Wildman–Crippen LogP) is 4.68. The molecule has 2 aromatic carbocycles. The van der Waals surface area contributed by atoms with Crippen LogP contribution in [0.25, 0.3) is 0 Å². The van der Waals surface area contributed by atoms with E-state index >= 15 is 0 Å². The van der Waals surface area contributed by atoms with Gasteiger partial charge in [-0.3, -0.25) is 4.79 Å². The fourth-order valence-electron chi connectivity index (χ4n) is 3.09. The number of esters is 1. The number of methoxy groups -OCH3 is 1. The van der Waals surface area contributed by atoms with E-state index in [0.29, 0.717) is 21.4 Å². The van der Waals surface area contributed by atoms with E-state index in [1.165, 1.54) is 18.7 Å². The van der Waals surface area contributed by atoms with Gasteiger partial charge in [0.25, 0.3) is 5.91 Å². The van der Waals surface area contributed by atoms with Crippen molar-refractivity contribution in [3.8, 4) is 0 Å². The largest absolute Gasteiger partial charge is 0.467 e. The van der Waals surface area contributed by atoms with Gasteiger partial charge in [0.05, 0.1) is 22.5 Å². The van der Waals surface area contributed by atoms with Crippen LogP contribution in [-0.2, 0) is 16.0 Å². The fraction of sp³-hybridized carbons (Fsp3) is 0.300. The molecule has 1 amide bonds. The van der Waals surface area contributed by atoms with Crippen LogP contribution >= 0.6 is 35.0 Å². The van der Waals surface area contributed by atoms with E-state index in [9.17, 15) is 9.59 Å². The molecule has 0 N–H and O–H groups in total. The smallest absolute Gasteiger partial charge is 0.329 e. The SMILES string of the molecule is COC(=O)C1CSC(CCc2ccccc2)N1C(=O)c1ccc(Cl)c(Cl)c1. The first-order chi connectivity index (χ1) is 13.0. The van der Waals surface area contributed by atoms with Gasteiger partial charge in [0.2, 0.25) is 0 Å². The first-order valence-electron chi connectivity index (χ1n) is 8.52. The highest BCUT2D eigenvalue weighted by Gasteiger charge is 2.42. The average Bonchev–Trinajstić information content (AvgIpc) is 3.12. The highest BCUT2D eigenvalue weighted by molar-refractivity contribution is 8.00. The molecule has 0 bridgehead atoms. The highest BCUT2D eigenvalue weighted by Crippen LogP contribution is 2.35. The molecule has 2 unspecified atom stereocenters. The predicted molar refractivity (Wildman–Crippen MR) is 109 cm³/mol. The third-order valence-electron chi connectivity index (χ3n) is 4.49. The summed E-state index contributed by atoms with van der Waals surface area (Å²) in [5, 5.41) is 0.579. The Balaban J connectivity index is 1.83. The molecule has 2 atom stereocenters. The third kappa shape index (κ3) is 4.60. The van der Waals surface area contributed by atoms with Crippen molar-refractivity contribution in [3.05, 3.63) is 69.7 Å². The quantitative estimate of drug-likeness (QED) is 0.654. The van der Waals surface area contributed by atoms with Crippen LogP contribution in [0.3, 0.4) is 0 Å². The summed E-state index contributed by atoms with van der Waals surface area (Å²) in [6.45, 7) is 0. The van der Waals surface area contributed by atoms with Crippen molar-refractivity contribution >= 4 is 46.8 Å². The van der Waals surface area contributed by atoms with Gasteiger partial charge in [-0.2, -0.15) is 0 Å². The maximum Gasteiger partial charge on any atom is 0.329 e. The summed E-state index contributed by atoms with van der Waals surface area (Å²) < 4.78 is 4.91. The second-order valence-corrected chi connectivity index (χ2v) is 8.22. The van der Waals surface area contributed by atoms with Crippen molar-refractivity contribution in [2.45, 2.75) is 24.3 Å². The van der Waals surface area contributed by atoms with E-state index in [4.69, 9.17) is 27.9 Å². The van der Waals surface area contributed by atoms with Gasteiger partial charge in [-0.25, -0.2) is 4.79 Å². The minimum Gasteiger partial charge on any atom is -0.467 e. The van der Waals surface area contributed by atoms with Crippen LogP contribution in [-0.4, -0.2) is 41.1 Å². The first kappa shape index (κ1) is 20.1. The summed E-state index contributed by atoms with van der Waals surface area (Å²) in [7, 11) is 1.34. The molecule has 1 aliphatic rings. The summed E-state index contributed by atoms with van der Waals surface area (Å²) in [5.41, 5.74) is 1.60. The molecule has 27 heavy (non-hydrogen) atoms. The monoisotopic (exact) mass is 423 g/mol. The van der Waals surface area contributed by atoms with Crippen molar-refractivity contribution in [3.63, 3.8) is 0 Å². The second-order valence-electron chi connectivity index (χ2n) is 6.19. The molecule has 7 heteroatoms. The van der Waals surface area contributed by atoms with Crippen molar-refractivity contribution in [2.75, 3.05) is 12.9 Å². The molecule has 1 aliphatic heterocycles. The van der Waals surface area contributed by atoms with E-state index < -0.39 is 12.0 Å². The number of ether oxygens (including phenoxy) is 1. The minimum atomic E-state index is -0.609. The molecule has 0 saturated carbocycles. The highest BCUT2D eigenvalue weighted by atomic mass is 35.5. The van der Waals surface area contributed by atoms with Crippen molar-refractivity contribution in [2.24, 2.45) is 0 Å². The molecule has 4 nitrogen and oxygen atoms in total. The van der Waals surface area contributed by atoms with Gasteiger partial charge in [-0.1, -0.05) is 53.5 Å². The Morgan fingerprint density at radius 2 is 1.89 bits per heavy atom. The zero-order chi connectivity index (χ0) is 19.4. The Morgan fingerprint density at radius 1 is 1.15 bits per heavy atom. The number of thioether (sulfide) groups is 1. The van der Waals surface area contributed by atoms with E-state index in [2.05, 4.69) is 12.1 Å². The van der Waals surface area contributed by atoms with Crippen LogP contribution in [0, 0.1) is 0 Å². The average molecular weight is 424 g/mol. The van der Waals surface area contributed by atoms with Gasteiger partial charge < -0.3 is 9.64 Å². The summed E-state index contributed by atoms with van der Waals surface area (Å²) in [5.74, 6) is -0.135. The van der Waals surface area contributed by atoms with Gasteiger partial charge in [-0.05, 0) is 36.6 Å². The lowest BCUT2D eigenvalue weighted by Crippen LogP contribution is -2.46. The molecule has 1 saturated heterocycles. The molecule has 3 rings (SSSR count). The van der Waals surface area contributed by atoms with Crippen LogP contribution in [0.4, 0.5) is 0 Å². The number of amides is 1. The number of carbonyl (C=O) groups excluding carboxylic acids is 2. The third-order valence-corrected chi connectivity index (χ3v) is 6.58. The Morgan fingerprint density at radius 3 is 2.56 bits per heavy atom. The van der Waals surface area contributed by atoms with Gasteiger partial charge in [0, 0.05) is 11.3 Å². The Labute approximate surface area is 172 Å². The molecular weight excluding hydrogens is 405 g/mol. The Bertz CT molecular complexity index is 831. The standard InChI is InChI=1S/C20H19Cl2NO3S/c1-26-20(25)17-12-27-18(10-7-13-5-3-2-4-6-13)23(17)19(24)14-8-9-15(21)16(22)11-14/h2-6,8-9,11,17-18H,7,10,12H2,1H3. The van der Waals surface area contributed by atoms with Crippen LogP contribution in [0.2, 0.25) is 10.0 Å². The molecule has 0 aliphatic carbocycles. The molecule has 1 fully saturated rings. The number of hydrogen-bond donors (Lipinski definition) is 0. The summed E-state index contributed by atoms with van der Waals surface area (Å²) in [6, 6.07) is 14.2. The topological polar surface area (TPSA) is 46.6 Å².